The largest absolute Gasteiger partial charge is 0.495 e. The van der Waals surface area contributed by atoms with E-state index < -0.39 is 51.8 Å². The number of nitrogens with one attached hydrogen (secondary N) is 1. The van der Waals surface area contributed by atoms with Crippen LogP contribution in [0.1, 0.15) is 41.5 Å². The zero-order valence-electron chi connectivity index (χ0n) is 25.0. The van der Waals surface area contributed by atoms with Crippen LogP contribution in [0.15, 0.2) is 41.4 Å². The molecule has 43 heavy (non-hydrogen) atoms. The van der Waals surface area contributed by atoms with E-state index in [1.165, 1.54) is 42.9 Å². The lowest BCUT2D eigenvalue weighted by atomic mass is 9.88. The molecule has 0 spiro atoms. The summed E-state index contributed by atoms with van der Waals surface area (Å²) in [6.45, 7) is 9.03. The minimum atomic E-state index is -3.61. The molecule has 0 aliphatic carbocycles. The molecule has 0 aliphatic heterocycles. The molecule has 0 bridgehead atoms. The number of methoxy groups -OCH3 is 1. The molecule has 2 aromatic heterocycles. The summed E-state index contributed by atoms with van der Waals surface area (Å²) in [7, 11) is -2.32. The molecule has 2 heterocycles. The average molecular weight is 640 g/mol. The van der Waals surface area contributed by atoms with Crippen molar-refractivity contribution in [1.29, 1.82) is 0 Å². The second kappa shape index (κ2) is 12.6. The van der Waals surface area contributed by atoms with Crippen LogP contribution in [0.4, 0.5) is 21.2 Å². The number of hydrogen-bond acceptors (Lipinski definition) is 11. The number of amides is 2. The highest BCUT2D eigenvalue weighted by molar-refractivity contribution is 7.90. The number of sulfone groups is 1. The summed E-state index contributed by atoms with van der Waals surface area (Å²) in [5.74, 6) is -1.51. The molecule has 1 N–H and O–H groups in total. The quantitative estimate of drug-likeness (QED) is 0.258. The van der Waals surface area contributed by atoms with Gasteiger partial charge in [0.25, 0.3) is 5.95 Å². The monoisotopic (exact) mass is 639 g/mol. The van der Waals surface area contributed by atoms with Crippen LogP contribution in [0.2, 0.25) is 5.02 Å². The maximum atomic E-state index is 13.5. The van der Waals surface area contributed by atoms with Gasteiger partial charge in [0.05, 0.1) is 22.7 Å². The number of fused-ring (bicyclic) bond motifs is 1. The summed E-state index contributed by atoms with van der Waals surface area (Å²) in [6.07, 6.45) is 0.573. The van der Waals surface area contributed by atoms with E-state index in [4.69, 9.17) is 30.5 Å². The Morgan fingerprint density at radius 3 is 2.35 bits per heavy atom. The van der Waals surface area contributed by atoms with Crippen molar-refractivity contribution in [2.45, 2.75) is 57.6 Å². The Kier molecular flexibility index (Phi) is 9.81. The van der Waals surface area contributed by atoms with Gasteiger partial charge < -0.3 is 24.3 Å². The van der Waals surface area contributed by atoms with Gasteiger partial charge in [0.15, 0.2) is 15.5 Å². The maximum absolute atomic E-state index is 13.5. The van der Waals surface area contributed by atoms with Crippen LogP contribution in [0.3, 0.4) is 0 Å². The molecule has 1 atom stereocenters. The molecule has 0 saturated carbocycles. The number of carbonyl (C=O) groups excluding carboxylic acids is 3. The molecule has 0 aliphatic rings. The number of pyridine rings is 1. The highest BCUT2D eigenvalue weighted by atomic mass is 35.5. The van der Waals surface area contributed by atoms with Crippen molar-refractivity contribution >= 4 is 56.9 Å². The lowest BCUT2D eigenvalue weighted by Crippen LogP contribution is -2.57. The summed E-state index contributed by atoms with van der Waals surface area (Å²) in [4.78, 5) is 44.1. The highest BCUT2D eigenvalue weighted by Gasteiger charge is 2.41. The van der Waals surface area contributed by atoms with Crippen LogP contribution in [-0.2, 0) is 28.8 Å². The van der Waals surface area contributed by atoms with Gasteiger partial charge in [-0.2, -0.15) is 4.98 Å². The van der Waals surface area contributed by atoms with Gasteiger partial charge >= 0.3 is 18.2 Å². The number of ether oxygens (including phenoxy) is 4. The van der Waals surface area contributed by atoms with Gasteiger partial charge in [-0.05, 0) is 57.9 Å². The fraction of sp³-hybridized carbons (Fsp3) is 0.444. The predicted octanol–water partition coefficient (Wildman–Crippen LogP) is 4.51. The Bertz CT molecular complexity index is 1640. The zero-order chi connectivity index (χ0) is 32.3. The topological polar surface area (TPSA) is 168 Å². The molecular weight excluding hydrogens is 606 g/mol. The van der Waals surface area contributed by atoms with Crippen LogP contribution in [-0.4, -0.2) is 72.5 Å². The molecule has 2 amide bonds. The van der Waals surface area contributed by atoms with E-state index in [0.717, 1.165) is 11.2 Å². The van der Waals surface area contributed by atoms with Crippen LogP contribution < -0.4 is 15.0 Å². The Balaban J connectivity index is 1.90. The predicted molar refractivity (Wildman–Crippen MR) is 156 cm³/mol. The van der Waals surface area contributed by atoms with Crippen LogP contribution >= 0.6 is 11.6 Å². The van der Waals surface area contributed by atoms with Crippen molar-refractivity contribution < 1.29 is 41.7 Å². The lowest BCUT2D eigenvalue weighted by molar-refractivity contribution is -0.161. The molecule has 14 nitrogen and oxygen atoms in total. The number of halogens is 1. The third-order valence-electron chi connectivity index (χ3n) is 6.20. The first-order valence-electron chi connectivity index (χ1n) is 12.9. The summed E-state index contributed by atoms with van der Waals surface area (Å²) in [6, 6.07) is 6.97. The highest BCUT2D eigenvalue weighted by Crippen LogP contribution is 2.35. The third-order valence-corrected chi connectivity index (χ3v) is 7.53. The maximum Gasteiger partial charge on any atom is 0.424 e. The Labute approximate surface area is 254 Å². The van der Waals surface area contributed by atoms with Crippen molar-refractivity contribution in [3.8, 4) is 5.75 Å². The summed E-state index contributed by atoms with van der Waals surface area (Å²) >= 11 is 6.06. The lowest BCUT2D eigenvalue weighted by Gasteiger charge is -2.33. The van der Waals surface area contributed by atoms with Crippen molar-refractivity contribution in [1.82, 2.24) is 19.9 Å². The first-order chi connectivity index (χ1) is 19.9. The first kappa shape index (κ1) is 33.4. The van der Waals surface area contributed by atoms with Gasteiger partial charge in [-0.15, -0.1) is 5.10 Å². The number of nitrogens with zero attached hydrogens (tertiary/aromatic N) is 4. The van der Waals surface area contributed by atoms with Crippen LogP contribution in [0.5, 0.6) is 5.75 Å². The van der Waals surface area contributed by atoms with Gasteiger partial charge in [0.2, 0.25) is 6.79 Å². The number of alkyl carbamates (subject to hydrolysis) is 1. The van der Waals surface area contributed by atoms with Crippen molar-refractivity contribution in [3.05, 3.63) is 41.6 Å². The SMILES string of the molecule is COc1cc(S(C)(=O)=O)ccc1N(C(=O)OCOC(=O)[C@](C)(NC(=O)OC(C)(C)C)C(C)C)c1nc2ccc(Cl)cn2n1. The summed E-state index contributed by atoms with van der Waals surface area (Å²) in [5.41, 5.74) is -1.97. The Morgan fingerprint density at radius 2 is 1.77 bits per heavy atom. The van der Waals surface area contributed by atoms with Gasteiger partial charge in [-0.25, -0.2) is 32.2 Å². The molecule has 3 aromatic rings. The standard InChI is InChI=1S/C27H34ClN5O9S/c1-16(2)27(6,30-24(35)42-26(3,4)5)22(34)40-15-41-25(36)33(23-29-21-12-9-17(28)14-32(21)31-23)19-11-10-18(43(8,37)38)13-20(19)39-7/h9-14,16H,15H2,1-8H3,(H,30,35)/t27-/m1/s1. The number of aromatic nitrogens is 3. The summed E-state index contributed by atoms with van der Waals surface area (Å²) < 4.78 is 46.7. The number of rotatable bonds is 9. The molecule has 234 valence electrons. The number of carbonyl (C=O) groups is 3. The van der Waals surface area contributed by atoms with Crippen LogP contribution in [0.25, 0.3) is 5.65 Å². The molecule has 0 saturated heterocycles. The first-order valence-corrected chi connectivity index (χ1v) is 15.2. The van der Waals surface area contributed by atoms with Crippen molar-refractivity contribution in [3.63, 3.8) is 0 Å². The Hall–Kier alpha value is -4.11. The second-order valence-corrected chi connectivity index (χ2v) is 13.4. The summed E-state index contributed by atoms with van der Waals surface area (Å²) in [5, 5.41) is 7.17. The smallest absolute Gasteiger partial charge is 0.424 e. The normalized spacial score (nSPS) is 13.3. The van der Waals surface area contributed by atoms with E-state index in [2.05, 4.69) is 15.4 Å². The minimum absolute atomic E-state index is 0.0114. The van der Waals surface area contributed by atoms with Gasteiger partial charge in [0, 0.05) is 18.5 Å². The minimum Gasteiger partial charge on any atom is -0.495 e. The van der Waals surface area contributed by atoms with E-state index in [1.54, 1.807) is 46.8 Å². The van der Waals surface area contributed by atoms with Gasteiger partial charge in [0.1, 0.15) is 16.9 Å². The molecule has 1 aromatic carbocycles. The van der Waals surface area contributed by atoms with E-state index in [9.17, 15) is 22.8 Å². The third kappa shape index (κ3) is 8.04. The van der Waals surface area contributed by atoms with Crippen LogP contribution in [0, 0.1) is 5.92 Å². The molecular formula is C27H34ClN5O9S. The second-order valence-electron chi connectivity index (χ2n) is 10.9. The Morgan fingerprint density at radius 1 is 1.09 bits per heavy atom. The van der Waals surface area contributed by atoms with E-state index in [1.807, 2.05) is 0 Å². The molecule has 16 heteroatoms. The van der Waals surface area contributed by atoms with Gasteiger partial charge in [-0.1, -0.05) is 25.4 Å². The van der Waals surface area contributed by atoms with E-state index in [0.29, 0.717) is 10.7 Å². The van der Waals surface area contributed by atoms with E-state index in [-0.39, 0.29) is 22.3 Å². The molecule has 0 radical (unpaired) electrons. The number of esters is 1. The van der Waals surface area contributed by atoms with E-state index >= 15 is 0 Å². The zero-order valence-corrected chi connectivity index (χ0v) is 26.6. The fourth-order valence-electron chi connectivity index (χ4n) is 3.60. The van der Waals surface area contributed by atoms with Crippen molar-refractivity contribution in [2.24, 2.45) is 5.92 Å². The molecule has 0 unspecified atom stereocenters. The number of benzene rings is 1. The van der Waals surface area contributed by atoms with Crippen molar-refractivity contribution in [2.75, 3.05) is 25.1 Å². The average Bonchev–Trinajstić information content (AvgIpc) is 3.29. The fourth-order valence-corrected chi connectivity index (χ4v) is 4.39. The number of anilines is 2. The molecule has 3 rings (SSSR count). The number of hydrogen-bond donors (Lipinski definition) is 1. The molecule has 0 fully saturated rings. The van der Waals surface area contributed by atoms with Gasteiger partial charge in [-0.3, -0.25) is 0 Å².